The maximum atomic E-state index is 12.2. The van der Waals surface area contributed by atoms with E-state index in [-0.39, 0.29) is 5.25 Å². The smallest absolute Gasteiger partial charge is 0.335 e. The molecule has 1 unspecified atom stereocenters. The van der Waals surface area contributed by atoms with Crippen LogP contribution >= 0.6 is 23.4 Å². The van der Waals surface area contributed by atoms with E-state index < -0.39 is 17.8 Å². The molecule has 2 aromatic rings. The van der Waals surface area contributed by atoms with E-state index in [9.17, 15) is 9.59 Å². The van der Waals surface area contributed by atoms with Crippen molar-refractivity contribution in [3.8, 4) is 0 Å². The monoisotopic (exact) mass is 429 g/mol. The molecule has 0 aromatic heterocycles. The predicted molar refractivity (Wildman–Crippen MR) is 111 cm³/mol. The Kier molecular flexibility index (Phi) is 5.94. The van der Waals surface area contributed by atoms with Gasteiger partial charge < -0.3 is 9.47 Å². The number of carbonyl (C=O) groups is 2. The topological polar surface area (TPSA) is 55.8 Å². The Hall–Kier alpha value is -2.28. The van der Waals surface area contributed by atoms with Crippen LogP contribution in [0, 0.1) is 0 Å². The lowest BCUT2D eigenvalue weighted by molar-refractivity contribution is -0.295. The summed E-state index contributed by atoms with van der Waals surface area (Å²) in [4.78, 5) is 27.4. The largest absolute Gasteiger partial charge is 0.405 e. The lowest BCUT2D eigenvalue weighted by atomic mass is 10.0. The zero-order valence-electron chi connectivity index (χ0n) is 15.6. The third-order valence-corrected chi connectivity index (χ3v) is 6.43. The average molecular weight is 430 g/mol. The van der Waals surface area contributed by atoms with Crippen LogP contribution < -0.4 is 0 Å². The molecule has 0 radical (unpaired) electrons. The van der Waals surface area contributed by atoms with Gasteiger partial charge in [-0.05, 0) is 36.2 Å². The van der Waals surface area contributed by atoms with Gasteiger partial charge in [0.15, 0.2) is 0 Å². The molecule has 1 atom stereocenters. The van der Waals surface area contributed by atoms with E-state index in [0.717, 1.165) is 29.0 Å². The second-order valence-electron chi connectivity index (χ2n) is 6.98. The van der Waals surface area contributed by atoms with Crippen LogP contribution in [0.2, 0.25) is 5.02 Å². The van der Waals surface area contributed by atoms with Crippen LogP contribution in [-0.2, 0) is 25.6 Å². The van der Waals surface area contributed by atoms with Crippen LogP contribution in [0.4, 0.5) is 0 Å². The van der Waals surface area contributed by atoms with E-state index in [1.54, 1.807) is 11.8 Å². The molecule has 2 aliphatic heterocycles. The van der Waals surface area contributed by atoms with Crippen molar-refractivity contribution in [1.29, 1.82) is 0 Å². The van der Waals surface area contributed by atoms with Gasteiger partial charge in [0.25, 0.3) is 0 Å². The average Bonchev–Trinajstić information content (AvgIpc) is 2.85. The number of ether oxygens (including phenoxy) is 2. The molecule has 7 heteroatoms. The number of hydrogen-bond donors (Lipinski definition) is 0. The number of piperidine rings is 1. The number of esters is 2. The van der Waals surface area contributed by atoms with Crippen molar-refractivity contribution >= 4 is 35.3 Å². The Balaban J connectivity index is 1.58. The molecule has 0 bridgehead atoms. The summed E-state index contributed by atoms with van der Waals surface area (Å²) < 4.78 is 11.4. The molecule has 2 aliphatic rings. The Labute approximate surface area is 178 Å². The molecule has 0 aliphatic carbocycles. The summed E-state index contributed by atoms with van der Waals surface area (Å²) in [5.41, 5.74) is 1.06. The Bertz CT molecular complexity index is 896. The molecule has 0 saturated carbocycles. The molecule has 2 heterocycles. The highest BCUT2D eigenvalue weighted by Gasteiger charge is 2.50. The summed E-state index contributed by atoms with van der Waals surface area (Å²) in [5.74, 6) is -2.58. The Morgan fingerprint density at radius 1 is 1.00 bits per heavy atom. The van der Waals surface area contributed by atoms with E-state index in [1.165, 1.54) is 0 Å². The molecule has 150 valence electrons. The standard InChI is InChI=1S/C22H20ClNO4S/c23-17-6-8-18(9-7-17)29-19-12-13-24(15-16-4-2-1-3-5-16)22(14-19)27-20(25)10-11-21(26)28-22/h1-11,19H,12-15H2. The molecule has 1 spiro atoms. The van der Waals surface area contributed by atoms with Gasteiger partial charge in [0.05, 0.1) is 6.42 Å². The third kappa shape index (κ3) is 4.83. The summed E-state index contributed by atoms with van der Waals surface area (Å²) in [7, 11) is 0. The maximum absolute atomic E-state index is 12.2. The van der Waals surface area contributed by atoms with Crippen molar-refractivity contribution in [2.45, 2.75) is 35.4 Å². The zero-order valence-corrected chi connectivity index (χ0v) is 17.2. The SMILES string of the molecule is O=C1C=CC(=O)OC2(CC(Sc3ccc(Cl)cc3)CCN2Cc2ccccc2)O1. The molecule has 2 aromatic carbocycles. The van der Waals surface area contributed by atoms with E-state index in [2.05, 4.69) is 0 Å². The first-order valence-electron chi connectivity index (χ1n) is 9.38. The number of likely N-dealkylation sites (tertiary alicyclic amines) is 1. The highest BCUT2D eigenvalue weighted by atomic mass is 35.5. The van der Waals surface area contributed by atoms with Gasteiger partial charge in [0.2, 0.25) is 0 Å². The van der Waals surface area contributed by atoms with Crippen molar-refractivity contribution in [1.82, 2.24) is 4.90 Å². The molecule has 4 rings (SSSR count). The summed E-state index contributed by atoms with van der Waals surface area (Å²) in [6.45, 7) is 1.14. The van der Waals surface area contributed by atoms with Gasteiger partial charge in [-0.25, -0.2) is 14.5 Å². The quantitative estimate of drug-likeness (QED) is 0.671. The summed E-state index contributed by atoms with van der Waals surface area (Å²) >= 11 is 7.65. The first kappa shape index (κ1) is 20.0. The second-order valence-corrected chi connectivity index (χ2v) is 8.79. The second kappa shape index (κ2) is 8.61. The molecule has 0 amide bonds. The summed E-state index contributed by atoms with van der Waals surface area (Å²) in [6, 6.07) is 17.5. The number of thioether (sulfide) groups is 1. The Morgan fingerprint density at radius 3 is 2.31 bits per heavy atom. The highest BCUT2D eigenvalue weighted by Crippen LogP contribution is 2.41. The molecule has 0 N–H and O–H groups in total. The van der Waals surface area contributed by atoms with Gasteiger partial charge >= 0.3 is 17.8 Å². The van der Waals surface area contributed by atoms with Crippen molar-refractivity contribution in [2.24, 2.45) is 0 Å². The zero-order chi connectivity index (χ0) is 20.3. The fraction of sp³-hybridized carbons (Fsp3) is 0.273. The van der Waals surface area contributed by atoms with Gasteiger partial charge in [-0.15, -0.1) is 11.8 Å². The first-order chi connectivity index (χ1) is 14.0. The fourth-order valence-corrected chi connectivity index (χ4v) is 4.87. The summed E-state index contributed by atoms with van der Waals surface area (Å²) in [6.07, 6.45) is 3.48. The minimum absolute atomic E-state index is 0.113. The Morgan fingerprint density at radius 2 is 1.66 bits per heavy atom. The van der Waals surface area contributed by atoms with E-state index in [1.807, 2.05) is 59.5 Å². The van der Waals surface area contributed by atoms with Crippen LogP contribution in [0.3, 0.4) is 0 Å². The van der Waals surface area contributed by atoms with E-state index >= 15 is 0 Å². The van der Waals surface area contributed by atoms with Crippen molar-refractivity contribution in [3.05, 3.63) is 77.3 Å². The number of rotatable bonds is 4. The molecule has 5 nitrogen and oxygen atoms in total. The minimum atomic E-state index is -1.42. The number of carbonyl (C=O) groups excluding carboxylic acids is 2. The minimum Gasteiger partial charge on any atom is -0.405 e. The number of halogens is 1. The third-order valence-electron chi connectivity index (χ3n) is 4.90. The van der Waals surface area contributed by atoms with Gasteiger partial charge in [0, 0.05) is 40.4 Å². The molecule has 29 heavy (non-hydrogen) atoms. The number of hydrogen-bond acceptors (Lipinski definition) is 6. The highest BCUT2D eigenvalue weighted by molar-refractivity contribution is 8.00. The molecule has 1 saturated heterocycles. The van der Waals surface area contributed by atoms with Crippen molar-refractivity contribution < 1.29 is 19.1 Å². The van der Waals surface area contributed by atoms with Crippen LogP contribution in [0.25, 0.3) is 0 Å². The van der Waals surface area contributed by atoms with Gasteiger partial charge in [0.1, 0.15) is 0 Å². The lowest BCUT2D eigenvalue weighted by Gasteiger charge is -2.46. The van der Waals surface area contributed by atoms with Crippen molar-refractivity contribution in [3.63, 3.8) is 0 Å². The van der Waals surface area contributed by atoms with Gasteiger partial charge in [-0.2, -0.15) is 0 Å². The molecular weight excluding hydrogens is 410 g/mol. The first-order valence-corrected chi connectivity index (χ1v) is 10.6. The van der Waals surface area contributed by atoms with Crippen LogP contribution in [0.5, 0.6) is 0 Å². The van der Waals surface area contributed by atoms with Crippen LogP contribution in [-0.4, -0.2) is 34.5 Å². The maximum Gasteiger partial charge on any atom is 0.335 e. The molecule has 1 fully saturated rings. The fourth-order valence-electron chi connectivity index (χ4n) is 3.55. The molecular formula is C22H20ClNO4S. The normalized spacial score (nSPS) is 21.5. The van der Waals surface area contributed by atoms with Crippen LogP contribution in [0.1, 0.15) is 18.4 Å². The van der Waals surface area contributed by atoms with Gasteiger partial charge in [-0.1, -0.05) is 41.9 Å². The van der Waals surface area contributed by atoms with E-state index in [0.29, 0.717) is 24.5 Å². The predicted octanol–water partition coefficient (Wildman–Crippen LogP) is 4.41. The van der Waals surface area contributed by atoms with E-state index in [4.69, 9.17) is 21.1 Å². The number of benzene rings is 2. The van der Waals surface area contributed by atoms with Gasteiger partial charge in [-0.3, -0.25) is 0 Å². The lowest BCUT2D eigenvalue weighted by Crippen LogP contribution is -2.58. The summed E-state index contributed by atoms with van der Waals surface area (Å²) in [5, 5.41) is 0.795. The van der Waals surface area contributed by atoms with Crippen molar-refractivity contribution in [2.75, 3.05) is 6.54 Å². The van der Waals surface area contributed by atoms with Crippen LogP contribution in [0.15, 0.2) is 71.6 Å². The number of nitrogens with zero attached hydrogens (tertiary/aromatic N) is 1.